The van der Waals surface area contributed by atoms with Crippen molar-refractivity contribution in [2.75, 3.05) is 6.54 Å². The van der Waals surface area contributed by atoms with Crippen molar-refractivity contribution in [3.05, 3.63) is 30.6 Å². The predicted molar refractivity (Wildman–Crippen MR) is 101 cm³/mol. The van der Waals surface area contributed by atoms with Crippen molar-refractivity contribution in [2.24, 2.45) is 0 Å². The zero-order chi connectivity index (χ0) is 20.4. The van der Waals surface area contributed by atoms with Crippen molar-refractivity contribution in [3.8, 4) is 5.95 Å². The monoisotopic (exact) mass is 404 g/mol. The third-order valence-electron chi connectivity index (χ3n) is 5.00. The van der Waals surface area contributed by atoms with Gasteiger partial charge in [0.1, 0.15) is 17.4 Å². The third kappa shape index (κ3) is 4.56. The van der Waals surface area contributed by atoms with Gasteiger partial charge in [0.2, 0.25) is 5.95 Å². The molecule has 0 atom stereocenters. The van der Waals surface area contributed by atoms with E-state index in [9.17, 15) is 13.6 Å². The highest BCUT2D eigenvalue weighted by Gasteiger charge is 2.27. The maximum atomic E-state index is 13.0. The number of aromatic nitrogens is 6. The summed E-state index contributed by atoms with van der Waals surface area (Å²) in [6.45, 7) is 0.576. The average Bonchev–Trinajstić information content (AvgIpc) is 3.37. The van der Waals surface area contributed by atoms with Crippen LogP contribution in [0.2, 0.25) is 0 Å². The molecule has 29 heavy (non-hydrogen) atoms. The normalized spacial score (nSPS) is 20.1. The van der Waals surface area contributed by atoms with E-state index >= 15 is 0 Å². The Kier molecular flexibility index (Phi) is 5.22. The van der Waals surface area contributed by atoms with Gasteiger partial charge in [-0.15, -0.1) is 0 Å². The Balaban J connectivity index is 1.43. The molecule has 0 unspecified atom stereocenters. The number of nitrogens with one attached hydrogen (secondary N) is 3. The minimum Gasteiger partial charge on any atom is -0.348 e. The molecule has 4 rings (SSSR count). The lowest BCUT2D eigenvalue weighted by atomic mass is 9.91. The summed E-state index contributed by atoms with van der Waals surface area (Å²) < 4.78 is 27.6. The summed E-state index contributed by atoms with van der Waals surface area (Å²) in [6.07, 6.45) is 9.26. The molecule has 0 aromatic carbocycles. The lowest BCUT2D eigenvalue weighted by Crippen LogP contribution is -2.44. The third-order valence-corrected chi connectivity index (χ3v) is 5.00. The maximum absolute atomic E-state index is 13.0. The molecule has 1 fully saturated rings. The molecule has 3 aromatic heterocycles. The Hall–Kier alpha value is -2.95. The van der Waals surface area contributed by atoms with Gasteiger partial charge in [-0.25, -0.2) is 23.7 Å². The molecule has 0 radical (unpaired) electrons. The lowest BCUT2D eigenvalue weighted by molar-refractivity contribution is 0.0184. The van der Waals surface area contributed by atoms with Gasteiger partial charge in [0.05, 0.1) is 12.7 Å². The standard InChI is InChI=1S/C18H22F2N8O/c1-18(19,20)9-22-11-2-4-12(5-3-11)24-16(29)15-14-13(8-23-27-14)25-17(26-15)28-7-6-21-10-28/h6-8,10-12,22H,2-5,9H2,1H3,(H,23,27)(H,24,29). The fraction of sp³-hybridized carbons (Fsp3) is 0.500. The number of alkyl halides is 2. The van der Waals surface area contributed by atoms with E-state index in [0.717, 1.165) is 19.8 Å². The minimum atomic E-state index is -2.72. The van der Waals surface area contributed by atoms with E-state index in [4.69, 9.17) is 0 Å². The van der Waals surface area contributed by atoms with Crippen molar-refractivity contribution in [1.29, 1.82) is 0 Å². The average molecular weight is 404 g/mol. The quantitative estimate of drug-likeness (QED) is 0.578. The van der Waals surface area contributed by atoms with E-state index in [1.807, 2.05) is 0 Å². The van der Waals surface area contributed by atoms with Gasteiger partial charge >= 0.3 is 0 Å². The Morgan fingerprint density at radius 3 is 2.72 bits per heavy atom. The molecule has 0 spiro atoms. The van der Waals surface area contributed by atoms with Crippen LogP contribution < -0.4 is 10.6 Å². The Labute approximate surface area is 165 Å². The number of imidazole rings is 1. The van der Waals surface area contributed by atoms with Crippen LogP contribution in [0.4, 0.5) is 8.78 Å². The number of carbonyl (C=O) groups is 1. The second-order valence-corrected chi connectivity index (χ2v) is 7.45. The molecule has 1 aliphatic carbocycles. The smallest absolute Gasteiger partial charge is 0.272 e. The molecule has 0 saturated heterocycles. The molecule has 3 heterocycles. The van der Waals surface area contributed by atoms with Crippen LogP contribution in [0.1, 0.15) is 43.1 Å². The summed E-state index contributed by atoms with van der Waals surface area (Å²) in [7, 11) is 0. The highest BCUT2D eigenvalue weighted by molar-refractivity contribution is 6.02. The van der Waals surface area contributed by atoms with Crippen LogP contribution in [-0.2, 0) is 0 Å². The van der Waals surface area contributed by atoms with E-state index in [0.29, 0.717) is 29.8 Å². The number of nitrogens with zero attached hydrogens (tertiary/aromatic N) is 5. The second-order valence-electron chi connectivity index (χ2n) is 7.45. The van der Waals surface area contributed by atoms with E-state index in [2.05, 4.69) is 35.8 Å². The summed E-state index contributed by atoms with van der Waals surface area (Å²) >= 11 is 0. The number of halogens is 2. The fourth-order valence-corrected chi connectivity index (χ4v) is 3.50. The SMILES string of the molecule is CC(F)(F)CNC1CCC(NC(=O)c2nc(-n3ccnc3)nc3cn[nH]c23)CC1. The molecule has 1 aliphatic rings. The number of hydrogen-bond acceptors (Lipinski definition) is 6. The molecule has 0 bridgehead atoms. The molecule has 9 nitrogen and oxygen atoms in total. The van der Waals surface area contributed by atoms with Crippen molar-refractivity contribution in [3.63, 3.8) is 0 Å². The van der Waals surface area contributed by atoms with E-state index < -0.39 is 5.92 Å². The van der Waals surface area contributed by atoms with Crippen LogP contribution >= 0.6 is 0 Å². The summed E-state index contributed by atoms with van der Waals surface area (Å²) in [4.78, 5) is 25.6. The molecule has 3 N–H and O–H groups in total. The topological polar surface area (TPSA) is 113 Å². The van der Waals surface area contributed by atoms with E-state index in [-0.39, 0.29) is 30.2 Å². The Morgan fingerprint density at radius 2 is 2.03 bits per heavy atom. The van der Waals surface area contributed by atoms with E-state index in [1.165, 1.54) is 6.20 Å². The number of rotatable bonds is 6. The van der Waals surface area contributed by atoms with Crippen LogP contribution in [0.25, 0.3) is 17.0 Å². The van der Waals surface area contributed by atoms with Crippen LogP contribution in [0.5, 0.6) is 0 Å². The molecule has 1 saturated carbocycles. The van der Waals surface area contributed by atoms with Crippen LogP contribution in [-0.4, -0.2) is 60.2 Å². The summed E-state index contributed by atoms with van der Waals surface area (Å²) in [6, 6.07) is 0.00695. The zero-order valence-corrected chi connectivity index (χ0v) is 15.9. The van der Waals surface area contributed by atoms with Crippen LogP contribution in [0.15, 0.2) is 24.9 Å². The summed E-state index contributed by atoms with van der Waals surface area (Å²) in [5, 5.41) is 12.6. The van der Waals surface area contributed by atoms with Gasteiger partial charge in [0, 0.05) is 31.4 Å². The lowest BCUT2D eigenvalue weighted by Gasteiger charge is -2.30. The number of aromatic amines is 1. The van der Waals surface area contributed by atoms with Crippen molar-refractivity contribution < 1.29 is 13.6 Å². The first kappa shape index (κ1) is 19.4. The van der Waals surface area contributed by atoms with Gasteiger partial charge in [-0.1, -0.05) is 0 Å². The molecule has 11 heteroatoms. The first-order valence-corrected chi connectivity index (χ1v) is 9.50. The first-order valence-electron chi connectivity index (χ1n) is 9.50. The maximum Gasteiger partial charge on any atom is 0.272 e. The predicted octanol–water partition coefficient (Wildman–Crippen LogP) is 1.82. The summed E-state index contributed by atoms with van der Waals surface area (Å²) in [5.74, 6) is -2.71. The summed E-state index contributed by atoms with van der Waals surface area (Å²) in [5.41, 5.74) is 1.20. The number of hydrogen-bond donors (Lipinski definition) is 3. The highest BCUT2D eigenvalue weighted by Crippen LogP contribution is 2.21. The number of carbonyl (C=O) groups excluding carboxylic acids is 1. The van der Waals surface area contributed by atoms with E-state index in [1.54, 1.807) is 23.3 Å². The van der Waals surface area contributed by atoms with Crippen molar-refractivity contribution in [2.45, 2.75) is 50.6 Å². The van der Waals surface area contributed by atoms with Gasteiger partial charge in [-0.3, -0.25) is 14.5 Å². The van der Waals surface area contributed by atoms with Crippen LogP contribution in [0.3, 0.4) is 0 Å². The first-order chi connectivity index (χ1) is 13.9. The molecule has 3 aromatic rings. The molecule has 1 amide bonds. The molecule has 154 valence electrons. The highest BCUT2D eigenvalue weighted by atomic mass is 19.3. The number of fused-ring (bicyclic) bond motifs is 1. The molecular weight excluding hydrogens is 382 g/mol. The van der Waals surface area contributed by atoms with Crippen molar-refractivity contribution in [1.82, 2.24) is 40.3 Å². The largest absolute Gasteiger partial charge is 0.348 e. The zero-order valence-electron chi connectivity index (χ0n) is 15.9. The molecular formula is C18H22F2N8O. The second kappa shape index (κ2) is 7.82. The minimum absolute atomic E-state index is 0.0349. The van der Waals surface area contributed by atoms with Crippen molar-refractivity contribution >= 4 is 16.9 Å². The molecule has 0 aliphatic heterocycles. The van der Waals surface area contributed by atoms with Gasteiger partial charge in [0.15, 0.2) is 5.69 Å². The van der Waals surface area contributed by atoms with Gasteiger partial charge in [0.25, 0.3) is 11.8 Å². The van der Waals surface area contributed by atoms with Gasteiger partial charge in [-0.2, -0.15) is 5.10 Å². The Bertz CT molecular complexity index is 974. The number of H-pyrrole nitrogens is 1. The van der Waals surface area contributed by atoms with Gasteiger partial charge in [-0.05, 0) is 25.7 Å². The fourth-order valence-electron chi connectivity index (χ4n) is 3.50. The van der Waals surface area contributed by atoms with Crippen LogP contribution in [0, 0.1) is 0 Å². The Morgan fingerprint density at radius 1 is 1.28 bits per heavy atom. The number of amides is 1. The van der Waals surface area contributed by atoms with Gasteiger partial charge < -0.3 is 10.6 Å².